The summed E-state index contributed by atoms with van der Waals surface area (Å²) >= 11 is 0. The highest BCUT2D eigenvalue weighted by Gasteiger charge is 2.08. The van der Waals surface area contributed by atoms with E-state index in [-0.39, 0.29) is 22.0 Å². The van der Waals surface area contributed by atoms with E-state index in [0.29, 0.717) is 0 Å². The monoisotopic (exact) mass is 345 g/mol. The lowest BCUT2D eigenvalue weighted by Crippen LogP contribution is -2.16. The van der Waals surface area contributed by atoms with Crippen LogP contribution in [0.5, 0.6) is 0 Å². The Balaban J connectivity index is 0.000000441. The fourth-order valence-electron chi connectivity index (χ4n) is 0.931. The Morgan fingerprint density at radius 2 is 1.75 bits per heavy atom. The van der Waals surface area contributed by atoms with Crippen LogP contribution < -0.4 is 5.73 Å². The van der Waals surface area contributed by atoms with Crippen LogP contribution in [0.3, 0.4) is 0 Å². The molecule has 12 heteroatoms. The van der Waals surface area contributed by atoms with Crippen LogP contribution in [-0.4, -0.2) is 46.1 Å². The second-order valence-electron chi connectivity index (χ2n) is 3.00. The summed E-state index contributed by atoms with van der Waals surface area (Å²) in [5.74, 6) is 0. The number of rotatable bonds is 2. The number of allylic oxidation sites excluding steroid dienone is 3. The topological polar surface area (TPSA) is 158 Å². The van der Waals surface area contributed by atoms with Gasteiger partial charge < -0.3 is 5.73 Å². The first-order chi connectivity index (χ1) is 9.08. The Kier molecular flexibility index (Phi) is 7.38. The van der Waals surface area contributed by atoms with Crippen molar-refractivity contribution in [2.75, 3.05) is 6.61 Å². The third kappa shape index (κ3) is 7.20. The van der Waals surface area contributed by atoms with Crippen LogP contribution in [0.25, 0.3) is 0 Å². The summed E-state index contributed by atoms with van der Waals surface area (Å²) in [6, 6.07) is 0. The molecule has 0 saturated heterocycles. The normalized spacial score (nSPS) is 14.2. The lowest BCUT2D eigenvalue weighted by Gasteiger charge is -2.01. The largest absolute Gasteiger partial charge is 0.397 e. The van der Waals surface area contributed by atoms with Gasteiger partial charge in [0.2, 0.25) is 20.6 Å². The maximum Gasteiger partial charge on any atom is 0.397 e. The lowest BCUT2D eigenvalue weighted by molar-refractivity contribution is 0.283. The summed E-state index contributed by atoms with van der Waals surface area (Å²) in [6.07, 6.45) is 3.41. The molecule has 1 rings (SSSR count). The van der Waals surface area contributed by atoms with Crippen LogP contribution in [0, 0.1) is 0 Å². The van der Waals surface area contributed by atoms with Gasteiger partial charge in [-0.15, -0.1) is 0 Å². The number of hydrogen-bond donors (Lipinski definition) is 2. The molecule has 20 heavy (non-hydrogen) atoms. The second kappa shape index (κ2) is 7.96. The van der Waals surface area contributed by atoms with Crippen molar-refractivity contribution in [3.8, 4) is 0 Å². The molecule has 1 aliphatic carbocycles. The first-order valence-corrected chi connectivity index (χ1v) is 8.29. The third-order valence-corrected chi connectivity index (χ3v) is 3.52. The van der Waals surface area contributed by atoms with Gasteiger partial charge in [0.15, 0.2) is 0 Å². The zero-order valence-corrected chi connectivity index (χ0v) is 12.5. The van der Waals surface area contributed by atoms with E-state index >= 15 is 0 Å². The van der Waals surface area contributed by atoms with Crippen LogP contribution >= 0.6 is 0 Å². The Morgan fingerprint density at radius 1 is 1.20 bits per heavy atom. The smallest absolute Gasteiger partial charge is 0.397 e. The minimum Gasteiger partial charge on any atom is -0.397 e. The molecule has 0 heterocycles. The molecule has 0 spiro atoms. The average Bonchev–Trinajstić information content (AvgIpc) is 2.27. The summed E-state index contributed by atoms with van der Waals surface area (Å²) in [7, 11) is -9.00. The molecule has 1 aliphatic rings. The first kappa shape index (κ1) is 18.5. The fraction of sp³-hybridized carbons (Fsp3) is 0.250. The van der Waals surface area contributed by atoms with Crippen LogP contribution in [0.15, 0.2) is 23.9 Å². The van der Waals surface area contributed by atoms with E-state index in [4.69, 9.17) is 10.3 Å². The second-order valence-corrected chi connectivity index (χ2v) is 5.94. The molecule has 0 unspecified atom stereocenters. The van der Waals surface area contributed by atoms with E-state index in [1.165, 1.54) is 13.0 Å². The van der Waals surface area contributed by atoms with Gasteiger partial charge in [0, 0.05) is 0 Å². The molecule has 0 aliphatic heterocycles. The molecule has 0 amide bonds. The molecule has 0 saturated carbocycles. The van der Waals surface area contributed by atoms with E-state index in [1.54, 1.807) is 0 Å². The van der Waals surface area contributed by atoms with Crippen molar-refractivity contribution >= 4 is 40.7 Å². The van der Waals surface area contributed by atoms with E-state index in [9.17, 15) is 25.3 Å². The molecule has 0 atom stereocenters. The Labute approximate surface area is 118 Å². The van der Waals surface area contributed by atoms with E-state index in [2.05, 4.69) is 4.18 Å². The molecular formula is C8H11NO8S3. The fourth-order valence-corrected chi connectivity index (χ4v) is 2.06. The van der Waals surface area contributed by atoms with Crippen molar-refractivity contribution in [2.45, 2.75) is 6.92 Å². The summed E-state index contributed by atoms with van der Waals surface area (Å²) in [4.78, 5) is -0.138. The van der Waals surface area contributed by atoms with Gasteiger partial charge in [-0.2, -0.15) is 25.3 Å². The first-order valence-electron chi connectivity index (χ1n) is 4.78. The summed E-state index contributed by atoms with van der Waals surface area (Å²) < 4.78 is 72.4. The van der Waals surface area contributed by atoms with Crippen molar-refractivity contribution in [2.24, 2.45) is 5.73 Å². The van der Waals surface area contributed by atoms with Gasteiger partial charge in [0.1, 0.15) is 4.86 Å². The highest BCUT2D eigenvalue weighted by Crippen LogP contribution is 1.99. The van der Waals surface area contributed by atoms with E-state index < -0.39 is 31.0 Å². The van der Waals surface area contributed by atoms with Crippen molar-refractivity contribution in [3.05, 3.63) is 23.9 Å². The highest BCUT2D eigenvalue weighted by atomic mass is 32.3. The molecular weight excluding hydrogens is 334 g/mol. The molecule has 114 valence electrons. The van der Waals surface area contributed by atoms with Gasteiger partial charge >= 0.3 is 10.4 Å². The van der Waals surface area contributed by atoms with Crippen LogP contribution in [0.4, 0.5) is 0 Å². The van der Waals surface area contributed by atoms with Gasteiger partial charge in [-0.3, -0.25) is 4.55 Å². The van der Waals surface area contributed by atoms with Crippen LogP contribution in [0.1, 0.15) is 6.92 Å². The lowest BCUT2D eigenvalue weighted by atomic mass is 10.1. The zero-order chi connectivity index (χ0) is 15.9. The maximum atomic E-state index is 10.5. The molecule has 0 aromatic heterocycles. The van der Waals surface area contributed by atoms with Gasteiger partial charge in [-0.1, -0.05) is 0 Å². The van der Waals surface area contributed by atoms with Gasteiger partial charge in [0.25, 0.3) is 0 Å². The van der Waals surface area contributed by atoms with Crippen molar-refractivity contribution in [1.82, 2.24) is 0 Å². The maximum absolute atomic E-state index is 10.5. The predicted octanol–water partition coefficient (Wildman–Crippen LogP) is -1.67. The van der Waals surface area contributed by atoms with Gasteiger partial charge in [0.05, 0.1) is 17.2 Å². The van der Waals surface area contributed by atoms with E-state index in [0.717, 1.165) is 12.2 Å². The summed E-state index contributed by atoms with van der Waals surface area (Å²) in [6.45, 7) is 1.44. The Hall–Kier alpha value is -1.47. The molecule has 0 fully saturated rings. The Morgan fingerprint density at radius 3 is 2.00 bits per heavy atom. The van der Waals surface area contributed by atoms with Crippen LogP contribution in [0.2, 0.25) is 0 Å². The van der Waals surface area contributed by atoms with Crippen LogP contribution in [-0.2, 0) is 35.2 Å². The number of hydrogen-bond acceptors (Lipinski definition) is 8. The van der Waals surface area contributed by atoms with E-state index in [1.807, 2.05) is 0 Å². The average molecular weight is 345 g/mol. The predicted molar refractivity (Wildman–Crippen MR) is 72.4 cm³/mol. The molecule has 0 aromatic carbocycles. The molecule has 9 nitrogen and oxygen atoms in total. The standard InChI is InChI=1S/C6H5NO4S2.C2H6O4S/c7-5-3-4(12(8)9)1-2-6(5)13(10)11;1-2-6-7(3,4)5/h1-3H,7H2;2H2,1H3,(H,3,4,5). The minimum atomic E-state index is -4.17. The van der Waals surface area contributed by atoms with Crippen molar-refractivity contribution < 1.29 is 34.0 Å². The molecule has 3 N–H and O–H groups in total. The molecule has 0 radical (unpaired) electrons. The highest BCUT2D eigenvalue weighted by molar-refractivity contribution is 7.80. The minimum absolute atomic E-state index is 0.0289. The number of nitrogens with two attached hydrogens (primary N) is 1. The SMILES string of the molecule is CCOS(=O)(=O)O.NC1=CC(=S(=O)=O)C=CC1=S(=O)=O. The zero-order valence-electron chi connectivity index (χ0n) is 10.0. The van der Waals surface area contributed by atoms with Gasteiger partial charge in [-0.05, 0) is 25.2 Å². The summed E-state index contributed by atoms with van der Waals surface area (Å²) in [5.41, 5.74) is 5.22. The summed E-state index contributed by atoms with van der Waals surface area (Å²) in [5, 5.41) is 0. The molecule has 0 bridgehead atoms. The van der Waals surface area contributed by atoms with Crippen molar-refractivity contribution in [1.29, 1.82) is 0 Å². The van der Waals surface area contributed by atoms with Gasteiger partial charge in [-0.25, -0.2) is 4.18 Å². The van der Waals surface area contributed by atoms with Crippen molar-refractivity contribution in [3.63, 3.8) is 0 Å². The molecule has 0 aromatic rings. The third-order valence-electron chi connectivity index (χ3n) is 1.62. The quantitative estimate of drug-likeness (QED) is 0.440. The Bertz CT molecular complexity index is 780.